The van der Waals surface area contributed by atoms with Crippen LogP contribution in [0, 0.1) is 0 Å². The highest BCUT2D eigenvalue weighted by Crippen LogP contribution is 2.54. The van der Waals surface area contributed by atoms with Crippen molar-refractivity contribution in [2.45, 2.75) is 19.3 Å². The van der Waals surface area contributed by atoms with E-state index in [2.05, 4.69) is 189 Å². The second-order valence-corrected chi connectivity index (χ2v) is 14.1. The van der Waals surface area contributed by atoms with Gasteiger partial charge in [0.2, 0.25) is 0 Å². The second kappa shape index (κ2) is 11.3. The van der Waals surface area contributed by atoms with Crippen molar-refractivity contribution in [3.63, 3.8) is 0 Å². The zero-order chi connectivity index (χ0) is 34.1. The molecule has 0 unspecified atom stereocenters. The van der Waals surface area contributed by atoms with Crippen molar-refractivity contribution in [1.82, 2.24) is 0 Å². The van der Waals surface area contributed by atoms with Crippen molar-refractivity contribution in [3.8, 4) is 33.4 Å². The lowest BCUT2D eigenvalue weighted by molar-refractivity contribution is 0.660. The molecule has 1 aliphatic carbocycles. The van der Waals surface area contributed by atoms with Crippen LogP contribution in [-0.4, -0.2) is 0 Å². The smallest absolute Gasteiger partial charge is 0.137 e. The summed E-state index contributed by atoms with van der Waals surface area (Å²) in [5, 5.41) is 4.68. The Morgan fingerprint density at radius 3 is 1.98 bits per heavy atom. The maximum absolute atomic E-state index is 6.47. The largest absolute Gasteiger partial charge is 0.456 e. The maximum Gasteiger partial charge on any atom is 0.137 e. The molecule has 0 aliphatic heterocycles. The number of para-hydroxylation sites is 2. The highest BCUT2D eigenvalue weighted by Gasteiger charge is 2.37. The average molecular weight is 654 g/mol. The van der Waals surface area contributed by atoms with E-state index in [0.717, 1.165) is 39.0 Å². The lowest BCUT2D eigenvalue weighted by Crippen LogP contribution is -2.15. The summed E-state index contributed by atoms with van der Waals surface area (Å²) >= 11 is 0. The zero-order valence-electron chi connectivity index (χ0n) is 28.6. The number of nitrogens with zero attached hydrogens (tertiary/aromatic N) is 1. The molecule has 0 saturated heterocycles. The quantitative estimate of drug-likeness (QED) is 0.184. The molecule has 242 valence electrons. The van der Waals surface area contributed by atoms with E-state index in [1.807, 2.05) is 6.07 Å². The number of fused-ring (bicyclic) bond motifs is 7. The third-order valence-corrected chi connectivity index (χ3v) is 10.9. The summed E-state index contributed by atoms with van der Waals surface area (Å²) in [6, 6.07) is 63.7. The molecule has 0 fully saturated rings. The lowest BCUT2D eigenvalue weighted by atomic mass is 9.82. The van der Waals surface area contributed by atoms with Crippen LogP contribution in [0.2, 0.25) is 0 Å². The van der Waals surface area contributed by atoms with Crippen LogP contribution in [0.25, 0.3) is 66.1 Å². The van der Waals surface area contributed by atoms with Crippen molar-refractivity contribution >= 4 is 49.8 Å². The van der Waals surface area contributed by atoms with Gasteiger partial charge < -0.3 is 9.32 Å². The molecule has 9 aromatic rings. The summed E-state index contributed by atoms with van der Waals surface area (Å²) in [6.45, 7) is 4.70. The molecule has 0 saturated carbocycles. The third kappa shape index (κ3) is 4.50. The van der Waals surface area contributed by atoms with Gasteiger partial charge in [-0.25, -0.2) is 0 Å². The number of rotatable bonds is 5. The SMILES string of the molecule is CC1(C)c2ccccc2-c2c(-c3ccccc3N(c3cccc(-c4cccc5ccccc45)c3)c3cccc4oc5ccccc5c34)cccc21. The summed E-state index contributed by atoms with van der Waals surface area (Å²) in [7, 11) is 0. The molecule has 10 rings (SSSR count). The Labute approximate surface area is 297 Å². The van der Waals surface area contributed by atoms with Gasteiger partial charge in [0.25, 0.3) is 0 Å². The Morgan fingerprint density at radius 1 is 0.451 bits per heavy atom. The van der Waals surface area contributed by atoms with Gasteiger partial charge in [-0.2, -0.15) is 0 Å². The van der Waals surface area contributed by atoms with E-state index in [-0.39, 0.29) is 5.41 Å². The van der Waals surface area contributed by atoms with Gasteiger partial charge in [0.05, 0.1) is 16.8 Å². The Bertz CT molecular complexity index is 2800. The normalized spacial score (nSPS) is 13.1. The van der Waals surface area contributed by atoms with Crippen LogP contribution in [0.1, 0.15) is 25.0 Å². The molecular weight excluding hydrogens is 619 g/mol. The summed E-state index contributed by atoms with van der Waals surface area (Å²) < 4.78 is 6.47. The fraction of sp³-hybridized carbons (Fsp3) is 0.0612. The van der Waals surface area contributed by atoms with E-state index >= 15 is 0 Å². The molecule has 2 nitrogen and oxygen atoms in total. The Morgan fingerprint density at radius 2 is 1.06 bits per heavy atom. The Hall–Kier alpha value is -6.38. The Kier molecular flexibility index (Phi) is 6.56. The van der Waals surface area contributed by atoms with Crippen LogP contribution in [0.3, 0.4) is 0 Å². The second-order valence-electron chi connectivity index (χ2n) is 14.1. The number of hydrogen-bond donors (Lipinski definition) is 0. The van der Waals surface area contributed by atoms with Gasteiger partial charge in [-0.15, -0.1) is 0 Å². The standard InChI is InChI=1S/C49H35NO/c1-49(2)41-25-8-5-21-39(41)47-38(24-13-26-42(47)49)37-20-6-9-27-43(37)50(44-28-14-30-46-48(44)40-22-7-10-29-45(40)51-46)34-18-11-17-33(31-34)36-23-12-16-32-15-3-4-19-35(32)36/h3-31H,1-2H3. The average Bonchev–Trinajstić information content (AvgIpc) is 3.68. The monoisotopic (exact) mass is 653 g/mol. The number of hydrogen-bond acceptors (Lipinski definition) is 2. The predicted molar refractivity (Wildman–Crippen MR) is 214 cm³/mol. The molecule has 0 amide bonds. The first kappa shape index (κ1) is 29.5. The number of anilines is 3. The molecule has 0 spiro atoms. The van der Waals surface area contributed by atoms with Crippen molar-refractivity contribution in [1.29, 1.82) is 0 Å². The number of benzene rings is 8. The van der Waals surface area contributed by atoms with Gasteiger partial charge in [0.15, 0.2) is 0 Å². The third-order valence-electron chi connectivity index (χ3n) is 10.9. The minimum atomic E-state index is -0.0926. The molecule has 51 heavy (non-hydrogen) atoms. The van der Waals surface area contributed by atoms with Crippen LogP contribution in [-0.2, 0) is 5.41 Å². The van der Waals surface area contributed by atoms with Crippen LogP contribution < -0.4 is 4.90 Å². The van der Waals surface area contributed by atoms with Crippen LogP contribution in [0.4, 0.5) is 17.1 Å². The van der Waals surface area contributed by atoms with Crippen molar-refractivity contribution in [2.75, 3.05) is 4.90 Å². The minimum Gasteiger partial charge on any atom is -0.456 e. The first-order chi connectivity index (χ1) is 25.1. The van der Waals surface area contributed by atoms with E-state index in [0.29, 0.717) is 0 Å². The highest BCUT2D eigenvalue weighted by molar-refractivity contribution is 6.14. The van der Waals surface area contributed by atoms with E-state index in [1.165, 1.54) is 55.3 Å². The molecule has 8 aromatic carbocycles. The van der Waals surface area contributed by atoms with Crippen LogP contribution >= 0.6 is 0 Å². The van der Waals surface area contributed by atoms with Crippen molar-refractivity contribution in [2.24, 2.45) is 0 Å². The van der Waals surface area contributed by atoms with Gasteiger partial charge in [0.1, 0.15) is 11.2 Å². The zero-order valence-corrected chi connectivity index (χ0v) is 28.6. The van der Waals surface area contributed by atoms with Gasteiger partial charge in [-0.3, -0.25) is 0 Å². The van der Waals surface area contributed by atoms with Crippen LogP contribution in [0.15, 0.2) is 180 Å². The molecule has 0 atom stereocenters. The molecular formula is C49H35NO. The minimum absolute atomic E-state index is 0.0926. The molecule has 0 N–H and O–H groups in total. The summed E-state index contributed by atoms with van der Waals surface area (Å²) in [4.78, 5) is 2.44. The molecule has 1 aromatic heterocycles. The molecule has 0 bridgehead atoms. The molecule has 2 heteroatoms. The van der Waals surface area contributed by atoms with Crippen LogP contribution in [0.5, 0.6) is 0 Å². The Balaban J connectivity index is 1.26. The maximum atomic E-state index is 6.47. The summed E-state index contributed by atoms with van der Waals surface area (Å²) in [5.74, 6) is 0. The first-order valence-corrected chi connectivity index (χ1v) is 17.7. The van der Waals surface area contributed by atoms with Crippen molar-refractivity contribution in [3.05, 3.63) is 187 Å². The topological polar surface area (TPSA) is 16.4 Å². The van der Waals surface area contributed by atoms with Gasteiger partial charge in [-0.1, -0.05) is 153 Å². The summed E-state index contributed by atoms with van der Waals surface area (Å²) in [6.07, 6.45) is 0. The lowest BCUT2D eigenvalue weighted by Gasteiger charge is -2.29. The molecule has 0 radical (unpaired) electrons. The van der Waals surface area contributed by atoms with Crippen molar-refractivity contribution < 1.29 is 4.42 Å². The van der Waals surface area contributed by atoms with E-state index in [1.54, 1.807) is 0 Å². The fourth-order valence-electron chi connectivity index (χ4n) is 8.52. The summed E-state index contributed by atoms with van der Waals surface area (Å²) in [5.41, 5.74) is 15.1. The van der Waals surface area contributed by atoms with Gasteiger partial charge in [0, 0.05) is 22.1 Å². The van der Waals surface area contributed by atoms with Gasteiger partial charge in [-0.05, 0) is 86.1 Å². The number of furan rings is 1. The highest BCUT2D eigenvalue weighted by atomic mass is 16.3. The van der Waals surface area contributed by atoms with E-state index in [9.17, 15) is 0 Å². The first-order valence-electron chi connectivity index (χ1n) is 17.7. The molecule has 1 heterocycles. The van der Waals surface area contributed by atoms with Gasteiger partial charge >= 0.3 is 0 Å². The van der Waals surface area contributed by atoms with E-state index in [4.69, 9.17) is 4.42 Å². The fourth-order valence-corrected chi connectivity index (χ4v) is 8.52. The van der Waals surface area contributed by atoms with E-state index < -0.39 is 0 Å². The predicted octanol–water partition coefficient (Wildman–Crippen LogP) is 13.8. The molecule has 1 aliphatic rings.